The number of imidazole rings is 1. The molecule has 5 heterocycles. The Morgan fingerprint density at radius 1 is 0.882 bits per heavy atom. The van der Waals surface area contributed by atoms with Gasteiger partial charge >= 0.3 is 0 Å². The van der Waals surface area contributed by atoms with Crippen molar-refractivity contribution in [3.05, 3.63) is 89.5 Å². The third-order valence-corrected chi connectivity index (χ3v) is 7.20. The predicted molar refractivity (Wildman–Crippen MR) is 133 cm³/mol. The maximum Gasteiger partial charge on any atom is 0.157 e. The first-order chi connectivity index (χ1) is 16.8. The molecule has 34 heavy (non-hydrogen) atoms. The zero-order chi connectivity index (χ0) is 22.5. The molecule has 2 aromatic carbocycles. The molecule has 0 atom stereocenters. The first-order valence-electron chi connectivity index (χ1n) is 12.2. The van der Waals surface area contributed by atoms with Gasteiger partial charge in [-0.3, -0.25) is 0 Å². The van der Waals surface area contributed by atoms with Crippen molar-refractivity contribution in [2.45, 2.75) is 25.3 Å². The van der Waals surface area contributed by atoms with Gasteiger partial charge in [-0.15, -0.1) is 0 Å². The maximum absolute atomic E-state index is 5.11. The van der Waals surface area contributed by atoms with Crippen LogP contribution in [-0.2, 0) is 19.4 Å². The lowest BCUT2D eigenvalue weighted by Gasteiger charge is -2.41. The number of fused-ring (bicyclic) bond motifs is 3. The van der Waals surface area contributed by atoms with Crippen LogP contribution in [0.1, 0.15) is 28.6 Å². The minimum atomic E-state index is 0.384. The molecule has 0 amide bonds. The maximum atomic E-state index is 5.11. The monoisotopic (exact) mass is 449 g/mol. The van der Waals surface area contributed by atoms with Gasteiger partial charge in [-0.25, -0.2) is 9.97 Å². The molecule has 1 N–H and O–H groups in total. The van der Waals surface area contributed by atoms with Crippen LogP contribution >= 0.6 is 0 Å². The fraction of sp³-hybridized carbons (Fsp3) is 0.296. The quantitative estimate of drug-likeness (QED) is 0.456. The molecule has 7 heteroatoms. The second-order valence-electron chi connectivity index (χ2n) is 9.34. The summed E-state index contributed by atoms with van der Waals surface area (Å²) in [6.45, 7) is 4.69. The van der Waals surface area contributed by atoms with Crippen LogP contribution in [0.25, 0.3) is 16.7 Å². The molecule has 1 fully saturated rings. The van der Waals surface area contributed by atoms with Crippen molar-refractivity contribution < 1.29 is 0 Å². The summed E-state index contributed by atoms with van der Waals surface area (Å²) >= 11 is 0. The van der Waals surface area contributed by atoms with Crippen LogP contribution in [0.5, 0.6) is 0 Å². The summed E-state index contributed by atoms with van der Waals surface area (Å²) < 4.78 is 4.44. The Bertz CT molecular complexity index is 1480. The molecule has 3 aromatic heterocycles. The SMILES string of the molecule is c1ccc(Cn2c(C3CN(c4c5c(nc6ccnn46)CCNCC5)C3)nc3ccccc32)cc1. The number of benzene rings is 2. The largest absolute Gasteiger partial charge is 0.355 e. The molecule has 170 valence electrons. The van der Waals surface area contributed by atoms with E-state index >= 15 is 0 Å². The van der Waals surface area contributed by atoms with Gasteiger partial charge in [0.1, 0.15) is 11.6 Å². The molecule has 0 bridgehead atoms. The van der Waals surface area contributed by atoms with Gasteiger partial charge in [0, 0.05) is 44.2 Å². The summed E-state index contributed by atoms with van der Waals surface area (Å²) in [6, 6.07) is 21.2. The highest BCUT2D eigenvalue weighted by Crippen LogP contribution is 2.36. The van der Waals surface area contributed by atoms with Crippen LogP contribution in [0.15, 0.2) is 66.9 Å². The number of nitrogens with zero attached hydrogens (tertiary/aromatic N) is 6. The van der Waals surface area contributed by atoms with Crippen molar-refractivity contribution >= 4 is 22.5 Å². The van der Waals surface area contributed by atoms with Gasteiger partial charge in [0.05, 0.1) is 28.8 Å². The number of rotatable bonds is 4. The molecule has 2 aliphatic rings. The molecule has 7 nitrogen and oxygen atoms in total. The highest BCUT2D eigenvalue weighted by molar-refractivity contribution is 5.76. The second kappa shape index (κ2) is 7.95. The number of nitrogens with one attached hydrogen (secondary N) is 1. The van der Waals surface area contributed by atoms with Crippen LogP contribution in [0.2, 0.25) is 0 Å². The molecule has 7 rings (SSSR count). The average molecular weight is 450 g/mol. The Morgan fingerprint density at radius 3 is 2.62 bits per heavy atom. The average Bonchev–Trinajstić information content (AvgIpc) is 3.36. The lowest BCUT2D eigenvalue weighted by atomic mass is 9.97. The summed E-state index contributed by atoms with van der Waals surface area (Å²) in [4.78, 5) is 12.5. The van der Waals surface area contributed by atoms with E-state index in [0.717, 1.165) is 56.7 Å². The zero-order valence-electron chi connectivity index (χ0n) is 19.1. The van der Waals surface area contributed by atoms with E-state index < -0.39 is 0 Å². The summed E-state index contributed by atoms with van der Waals surface area (Å²) in [5.74, 6) is 2.78. The molecule has 0 aliphatic carbocycles. The number of hydrogen-bond donors (Lipinski definition) is 1. The smallest absolute Gasteiger partial charge is 0.157 e. The van der Waals surface area contributed by atoms with Crippen LogP contribution < -0.4 is 10.2 Å². The van der Waals surface area contributed by atoms with Crippen molar-refractivity contribution in [3.8, 4) is 0 Å². The van der Waals surface area contributed by atoms with Gasteiger partial charge in [-0.1, -0.05) is 42.5 Å². The van der Waals surface area contributed by atoms with E-state index in [9.17, 15) is 0 Å². The zero-order valence-corrected chi connectivity index (χ0v) is 19.1. The summed E-state index contributed by atoms with van der Waals surface area (Å²) in [5, 5.41) is 8.16. The molecular weight excluding hydrogens is 422 g/mol. The fourth-order valence-electron chi connectivity index (χ4n) is 5.49. The van der Waals surface area contributed by atoms with Gasteiger partial charge in [0.25, 0.3) is 0 Å². The number of hydrogen-bond acceptors (Lipinski definition) is 5. The molecule has 0 spiro atoms. The Morgan fingerprint density at radius 2 is 1.71 bits per heavy atom. The second-order valence-corrected chi connectivity index (χ2v) is 9.34. The van der Waals surface area contributed by atoms with Crippen LogP contribution in [0, 0.1) is 0 Å². The van der Waals surface area contributed by atoms with Gasteiger partial charge in [0.2, 0.25) is 0 Å². The molecule has 0 radical (unpaired) electrons. The number of para-hydroxylation sites is 2. The summed E-state index contributed by atoms with van der Waals surface area (Å²) in [5.41, 5.74) is 7.08. The van der Waals surface area contributed by atoms with Crippen molar-refractivity contribution in [1.82, 2.24) is 29.5 Å². The normalized spacial score (nSPS) is 16.5. The molecular formula is C27H27N7. The summed E-state index contributed by atoms with van der Waals surface area (Å²) in [6.07, 6.45) is 3.81. The first kappa shape index (κ1) is 19.7. The van der Waals surface area contributed by atoms with Crippen molar-refractivity contribution in [1.29, 1.82) is 0 Å². The van der Waals surface area contributed by atoms with E-state index in [0.29, 0.717) is 5.92 Å². The lowest BCUT2D eigenvalue weighted by molar-refractivity contribution is 0.475. The third kappa shape index (κ3) is 3.19. The van der Waals surface area contributed by atoms with Gasteiger partial charge < -0.3 is 14.8 Å². The lowest BCUT2D eigenvalue weighted by Crippen LogP contribution is -2.47. The Labute approximate surface area is 198 Å². The van der Waals surface area contributed by atoms with E-state index in [1.165, 1.54) is 34.0 Å². The Hall–Kier alpha value is -3.71. The van der Waals surface area contributed by atoms with Gasteiger partial charge in [0.15, 0.2) is 5.65 Å². The molecule has 5 aromatic rings. The molecule has 0 unspecified atom stereocenters. The Kier molecular flexibility index (Phi) is 4.62. The van der Waals surface area contributed by atoms with E-state index in [2.05, 4.69) is 74.5 Å². The first-order valence-corrected chi connectivity index (χ1v) is 12.2. The minimum absolute atomic E-state index is 0.384. The highest BCUT2D eigenvalue weighted by atomic mass is 15.4. The number of anilines is 1. The number of aromatic nitrogens is 5. The van der Waals surface area contributed by atoms with Gasteiger partial charge in [-0.05, 0) is 30.7 Å². The van der Waals surface area contributed by atoms with E-state index in [-0.39, 0.29) is 0 Å². The van der Waals surface area contributed by atoms with E-state index in [1.54, 1.807) is 0 Å². The van der Waals surface area contributed by atoms with Crippen LogP contribution in [0.4, 0.5) is 5.82 Å². The van der Waals surface area contributed by atoms with Crippen molar-refractivity contribution in [2.24, 2.45) is 0 Å². The van der Waals surface area contributed by atoms with Crippen molar-refractivity contribution in [2.75, 3.05) is 31.1 Å². The van der Waals surface area contributed by atoms with Gasteiger partial charge in [-0.2, -0.15) is 9.61 Å². The molecule has 2 aliphatic heterocycles. The van der Waals surface area contributed by atoms with Crippen LogP contribution in [-0.4, -0.2) is 50.3 Å². The van der Waals surface area contributed by atoms with E-state index in [1.807, 2.05) is 16.8 Å². The fourth-order valence-corrected chi connectivity index (χ4v) is 5.49. The van der Waals surface area contributed by atoms with Crippen LogP contribution in [0.3, 0.4) is 0 Å². The third-order valence-electron chi connectivity index (χ3n) is 7.20. The van der Waals surface area contributed by atoms with E-state index in [4.69, 9.17) is 9.97 Å². The highest BCUT2D eigenvalue weighted by Gasteiger charge is 2.36. The van der Waals surface area contributed by atoms with Crippen molar-refractivity contribution in [3.63, 3.8) is 0 Å². The Balaban J connectivity index is 1.25. The predicted octanol–water partition coefficient (Wildman–Crippen LogP) is 3.42. The minimum Gasteiger partial charge on any atom is -0.355 e. The summed E-state index contributed by atoms with van der Waals surface area (Å²) in [7, 11) is 0. The molecule has 0 saturated carbocycles. The molecule has 1 saturated heterocycles. The topological polar surface area (TPSA) is 63.3 Å². The standard InChI is InChI=1S/C27H27N7/c1-2-6-19(7-3-1)16-33-24-9-5-4-8-23(24)31-26(33)20-17-32(18-20)27-21-10-13-28-14-11-22(21)30-25-12-15-29-34(25)27/h1-9,12,15,20,28H,10-11,13-14,16-18H2.